The average Bonchev–Trinajstić information content (AvgIpc) is 3.08. The second-order valence-electron chi connectivity index (χ2n) is 8.91. The normalized spacial score (nSPS) is 17.7. The molecule has 35 heavy (non-hydrogen) atoms. The van der Waals surface area contributed by atoms with Crippen molar-refractivity contribution in [3.63, 3.8) is 0 Å². The standard InChI is InChI=1S/C28H34N2O5/c1-6-17-35-22-14-13-21(18-23(22)34-7-2)25-24(26(31)20-11-9-19(3)10-12-20)27(32)28(33)30(25)16-8-15-29(4)5/h6,9-14,18,24-25H,1,7-8,15-17H2,2-5H3. The van der Waals surface area contributed by atoms with E-state index in [1.165, 1.54) is 4.90 Å². The maximum absolute atomic E-state index is 13.6. The van der Waals surface area contributed by atoms with Crippen LogP contribution in [0.2, 0.25) is 0 Å². The molecule has 1 aliphatic heterocycles. The van der Waals surface area contributed by atoms with Crippen molar-refractivity contribution in [3.05, 3.63) is 71.8 Å². The molecule has 186 valence electrons. The Labute approximate surface area is 207 Å². The number of hydrogen-bond donors (Lipinski definition) is 0. The smallest absolute Gasteiger partial charge is 0.291 e. The molecule has 1 aliphatic rings. The third kappa shape index (κ3) is 5.98. The van der Waals surface area contributed by atoms with E-state index in [4.69, 9.17) is 9.47 Å². The molecule has 0 aromatic heterocycles. The van der Waals surface area contributed by atoms with Crippen LogP contribution < -0.4 is 9.47 Å². The van der Waals surface area contributed by atoms with Crippen LogP contribution in [-0.4, -0.2) is 67.7 Å². The van der Waals surface area contributed by atoms with Gasteiger partial charge in [-0.15, -0.1) is 0 Å². The van der Waals surface area contributed by atoms with Crippen LogP contribution in [0.25, 0.3) is 0 Å². The van der Waals surface area contributed by atoms with Gasteiger partial charge in [-0.3, -0.25) is 14.4 Å². The zero-order valence-electron chi connectivity index (χ0n) is 21.0. The van der Waals surface area contributed by atoms with Crippen molar-refractivity contribution in [2.45, 2.75) is 26.3 Å². The van der Waals surface area contributed by atoms with Crippen LogP contribution in [0.1, 0.15) is 40.9 Å². The molecular formula is C28H34N2O5. The lowest BCUT2D eigenvalue weighted by Crippen LogP contribution is -2.33. The Morgan fingerprint density at radius 2 is 1.80 bits per heavy atom. The number of hydrogen-bond acceptors (Lipinski definition) is 6. The highest BCUT2D eigenvalue weighted by molar-refractivity contribution is 6.44. The number of likely N-dealkylation sites (tertiary alicyclic amines) is 1. The first-order chi connectivity index (χ1) is 16.8. The summed E-state index contributed by atoms with van der Waals surface area (Å²) in [5, 5.41) is 0. The first-order valence-corrected chi connectivity index (χ1v) is 11.9. The highest BCUT2D eigenvalue weighted by Crippen LogP contribution is 2.41. The Kier molecular flexibility index (Phi) is 8.82. The number of aryl methyl sites for hydroxylation is 1. The van der Waals surface area contributed by atoms with Gasteiger partial charge in [0.15, 0.2) is 17.3 Å². The van der Waals surface area contributed by atoms with Crippen LogP contribution in [0, 0.1) is 12.8 Å². The van der Waals surface area contributed by atoms with E-state index in [1.807, 2.05) is 45.0 Å². The molecule has 1 heterocycles. The molecule has 1 saturated heterocycles. The summed E-state index contributed by atoms with van der Waals surface area (Å²) in [5.74, 6) is -1.74. The Morgan fingerprint density at radius 3 is 2.43 bits per heavy atom. The lowest BCUT2D eigenvalue weighted by Gasteiger charge is -2.28. The van der Waals surface area contributed by atoms with Crippen molar-refractivity contribution >= 4 is 17.5 Å². The van der Waals surface area contributed by atoms with Crippen molar-refractivity contribution < 1.29 is 23.9 Å². The largest absolute Gasteiger partial charge is 0.490 e. The first-order valence-electron chi connectivity index (χ1n) is 11.9. The fraction of sp³-hybridized carbons (Fsp3) is 0.393. The number of carbonyl (C=O) groups is 3. The molecule has 7 nitrogen and oxygen atoms in total. The van der Waals surface area contributed by atoms with Gasteiger partial charge in [0.05, 0.1) is 12.6 Å². The molecule has 2 unspecified atom stereocenters. The lowest BCUT2D eigenvalue weighted by molar-refractivity contribution is -0.140. The molecule has 7 heteroatoms. The Morgan fingerprint density at radius 1 is 1.09 bits per heavy atom. The molecule has 1 amide bonds. The van der Waals surface area contributed by atoms with E-state index < -0.39 is 23.7 Å². The van der Waals surface area contributed by atoms with Gasteiger partial charge in [0.1, 0.15) is 12.5 Å². The topological polar surface area (TPSA) is 76.2 Å². The maximum Gasteiger partial charge on any atom is 0.291 e. The SMILES string of the molecule is C=CCOc1ccc(C2C(C(=O)c3ccc(C)cc3)C(=O)C(=O)N2CCCN(C)C)cc1OCC. The number of rotatable bonds is 12. The molecule has 0 N–H and O–H groups in total. The third-order valence-electron chi connectivity index (χ3n) is 5.99. The number of Topliss-reactive ketones (excluding diaryl/α,β-unsaturated/α-hetero) is 2. The van der Waals surface area contributed by atoms with Crippen LogP contribution in [0.4, 0.5) is 0 Å². The van der Waals surface area contributed by atoms with Gasteiger partial charge in [-0.1, -0.05) is 48.6 Å². The summed E-state index contributed by atoms with van der Waals surface area (Å²) in [7, 11) is 3.91. The molecule has 0 bridgehead atoms. The molecule has 0 saturated carbocycles. The summed E-state index contributed by atoms with van der Waals surface area (Å²) < 4.78 is 11.5. The number of amides is 1. The number of ether oxygens (including phenoxy) is 2. The van der Waals surface area contributed by atoms with Gasteiger partial charge >= 0.3 is 0 Å². The summed E-state index contributed by atoms with van der Waals surface area (Å²) in [4.78, 5) is 43.5. The zero-order valence-corrected chi connectivity index (χ0v) is 21.0. The van der Waals surface area contributed by atoms with Gasteiger partial charge in [0.25, 0.3) is 5.91 Å². The fourth-order valence-electron chi connectivity index (χ4n) is 4.30. The van der Waals surface area contributed by atoms with Crippen molar-refractivity contribution in [1.29, 1.82) is 0 Å². The van der Waals surface area contributed by atoms with Gasteiger partial charge in [-0.25, -0.2) is 0 Å². The van der Waals surface area contributed by atoms with E-state index in [2.05, 4.69) is 6.58 Å². The molecular weight excluding hydrogens is 444 g/mol. The molecule has 0 aliphatic carbocycles. The molecule has 2 aromatic carbocycles. The zero-order chi connectivity index (χ0) is 25.5. The van der Waals surface area contributed by atoms with Gasteiger partial charge < -0.3 is 19.3 Å². The second kappa shape index (κ2) is 11.8. The van der Waals surface area contributed by atoms with E-state index >= 15 is 0 Å². The molecule has 1 fully saturated rings. The van der Waals surface area contributed by atoms with E-state index in [-0.39, 0.29) is 5.78 Å². The number of carbonyl (C=O) groups excluding carboxylic acids is 3. The predicted molar refractivity (Wildman–Crippen MR) is 135 cm³/mol. The minimum absolute atomic E-state index is 0.311. The molecule has 2 aromatic rings. The van der Waals surface area contributed by atoms with Crippen LogP contribution >= 0.6 is 0 Å². The Hall–Kier alpha value is -3.45. The third-order valence-corrected chi connectivity index (χ3v) is 5.99. The lowest BCUT2D eigenvalue weighted by atomic mass is 9.86. The highest BCUT2D eigenvalue weighted by atomic mass is 16.5. The number of nitrogens with zero attached hydrogens (tertiary/aromatic N) is 2. The van der Waals surface area contributed by atoms with Crippen molar-refractivity contribution in [3.8, 4) is 11.5 Å². The van der Waals surface area contributed by atoms with Crippen LogP contribution in [0.15, 0.2) is 55.1 Å². The minimum atomic E-state index is -1.13. The molecule has 2 atom stereocenters. The number of ketones is 2. The highest BCUT2D eigenvalue weighted by Gasteiger charge is 2.51. The average molecular weight is 479 g/mol. The van der Waals surface area contributed by atoms with Gasteiger partial charge in [-0.05, 0) is 58.6 Å². The molecule has 0 radical (unpaired) electrons. The number of benzene rings is 2. The van der Waals surface area contributed by atoms with Crippen LogP contribution in [0.3, 0.4) is 0 Å². The maximum atomic E-state index is 13.6. The second-order valence-corrected chi connectivity index (χ2v) is 8.91. The summed E-state index contributed by atoms with van der Waals surface area (Å²) in [5.41, 5.74) is 2.08. The summed E-state index contributed by atoms with van der Waals surface area (Å²) in [6.07, 6.45) is 2.31. The molecule has 3 rings (SSSR count). The van der Waals surface area contributed by atoms with Gasteiger partial charge in [0.2, 0.25) is 5.78 Å². The fourth-order valence-corrected chi connectivity index (χ4v) is 4.30. The van der Waals surface area contributed by atoms with Crippen molar-refractivity contribution in [2.75, 3.05) is 40.4 Å². The van der Waals surface area contributed by atoms with Crippen LogP contribution in [0.5, 0.6) is 11.5 Å². The molecule has 0 spiro atoms. The van der Waals surface area contributed by atoms with Crippen LogP contribution in [-0.2, 0) is 9.59 Å². The quantitative estimate of drug-likeness (QED) is 0.200. The monoisotopic (exact) mass is 478 g/mol. The van der Waals surface area contributed by atoms with E-state index in [0.29, 0.717) is 48.8 Å². The Balaban J connectivity index is 2.05. The minimum Gasteiger partial charge on any atom is -0.490 e. The van der Waals surface area contributed by atoms with E-state index in [1.54, 1.807) is 36.4 Å². The Bertz CT molecular complexity index is 1080. The van der Waals surface area contributed by atoms with E-state index in [0.717, 1.165) is 12.1 Å². The van der Waals surface area contributed by atoms with Gasteiger partial charge in [0, 0.05) is 12.1 Å². The van der Waals surface area contributed by atoms with Crippen molar-refractivity contribution in [2.24, 2.45) is 5.92 Å². The van der Waals surface area contributed by atoms with Gasteiger partial charge in [-0.2, -0.15) is 0 Å². The summed E-state index contributed by atoms with van der Waals surface area (Å²) in [6.45, 7) is 9.31. The first kappa shape index (κ1) is 26.2. The summed E-state index contributed by atoms with van der Waals surface area (Å²) in [6, 6.07) is 11.7. The predicted octanol–water partition coefficient (Wildman–Crippen LogP) is 3.86. The summed E-state index contributed by atoms with van der Waals surface area (Å²) >= 11 is 0. The van der Waals surface area contributed by atoms with E-state index in [9.17, 15) is 14.4 Å². The van der Waals surface area contributed by atoms with Crippen molar-refractivity contribution in [1.82, 2.24) is 9.80 Å².